The van der Waals surface area contributed by atoms with E-state index in [1.54, 1.807) is 6.07 Å². The molecule has 90 valence electrons. The van der Waals surface area contributed by atoms with Gasteiger partial charge in [0.25, 0.3) is 5.91 Å². The highest BCUT2D eigenvalue weighted by molar-refractivity contribution is 5.94. The maximum absolute atomic E-state index is 11.6. The number of carbonyl (C=O) groups excluding carboxylic acids is 1. The van der Waals surface area contributed by atoms with Crippen LogP contribution in [0.15, 0.2) is 60.0 Å². The summed E-state index contributed by atoms with van der Waals surface area (Å²) in [6.45, 7) is 0. The fraction of sp³-hybridized carbons (Fsp3) is 0. The van der Waals surface area contributed by atoms with Crippen LogP contribution in [0.2, 0.25) is 0 Å². The molecule has 0 unspecified atom stereocenters. The van der Waals surface area contributed by atoms with Gasteiger partial charge in [-0.25, -0.2) is 5.43 Å². The quantitative estimate of drug-likeness (QED) is 0.378. The van der Waals surface area contributed by atoms with Crippen molar-refractivity contribution in [3.05, 3.63) is 71.2 Å². The molecular weight excluding hydrogens is 230 g/mol. The lowest BCUT2D eigenvalue weighted by Crippen LogP contribution is -2.28. The average Bonchev–Trinajstić information content (AvgIpc) is 2.40. The number of hydrogen-bond acceptors (Lipinski definition) is 3. The molecule has 0 bridgehead atoms. The number of hydrogen-bond donors (Lipinski definition) is 1. The van der Waals surface area contributed by atoms with Gasteiger partial charge in [0.15, 0.2) is 12.4 Å². The first-order valence-corrected chi connectivity index (χ1v) is 5.33. The minimum atomic E-state index is -0.424. The monoisotopic (exact) mass is 241 g/mol. The number of pyridine rings is 1. The number of aromatic nitrogens is 1. The molecule has 0 saturated heterocycles. The van der Waals surface area contributed by atoms with Crippen LogP contribution in [-0.4, -0.2) is 12.1 Å². The topological polar surface area (TPSA) is 68.4 Å². The Hall–Kier alpha value is -2.69. The lowest BCUT2D eigenvalue weighted by Gasteiger charge is -1.99. The van der Waals surface area contributed by atoms with E-state index < -0.39 is 5.91 Å². The number of benzene rings is 1. The number of nitrogens with zero attached hydrogens (tertiary/aromatic N) is 2. The minimum Gasteiger partial charge on any atom is -0.619 e. The molecule has 1 aromatic heterocycles. The van der Waals surface area contributed by atoms with Gasteiger partial charge in [-0.15, -0.1) is 0 Å². The molecule has 0 fully saturated rings. The molecule has 0 saturated carbocycles. The number of hydrazone groups is 1. The molecule has 2 aromatic rings. The lowest BCUT2D eigenvalue weighted by atomic mass is 10.2. The molecule has 0 radical (unpaired) electrons. The van der Waals surface area contributed by atoms with E-state index in [-0.39, 0.29) is 5.56 Å². The number of nitrogens with one attached hydrogen (secondary N) is 1. The van der Waals surface area contributed by atoms with E-state index in [9.17, 15) is 10.0 Å². The molecule has 0 aliphatic rings. The number of carbonyl (C=O) groups is 1. The second-order valence-electron chi connectivity index (χ2n) is 3.56. The van der Waals surface area contributed by atoms with E-state index in [2.05, 4.69) is 10.5 Å². The average molecular weight is 241 g/mol. The molecule has 0 aliphatic carbocycles. The first-order valence-electron chi connectivity index (χ1n) is 5.33. The molecule has 18 heavy (non-hydrogen) atoms. The van der Waals surface area contributed by atoms with Gasteiger partial charge in [-0.2, -0.15) is 9.83 Å². The molecule has 2 rings (SSSR count). The standard InChI is InChI=1S/C13H11N3O2/c17-13(12-7-4-8-16(18)10-12)15-14-9-11-5-2-1-3-6-11/h1-10H,(H,15,17). The van der Waals surface area contributed by atoms with Crippen LogP contribution in [0.3, 0.4) is 0 Å². The summed E-state index contributed by atoms with van der Waals surface area (Å²) in [5.74, 6) is -0.424. The summed E-state index contributed by atoms with van der Waals surface area (Å²) in [5, 5.41) is 14.8. The largest absolute Gasteiger partial charge is 0.619 e. The van der Waals surface area contributed by atoms with Crippen molar-refractivity contribution in [1.82, 2.24) is 5.43 Å². The third kappa shape index (κ3) is 3.15. The SMILES string of the molecule is O=C(NN=Cc1ccccc1)c1ccc[n+]([O-])c1. The zero-order valence-electron chi connectivity index (χ0n) is 9.48. The Morgan fingerprint density at radius 1 is 1.22 bits per heavy atom. The van der Waals surface area contributed by atoms with Crippen LogP contribution in [0.25, 0.3) is 0 Å². The maximum Gasteiger partial charge on any atom is 0.277 e. The predicted molar refractivity (Wildman–Crippen MR) is 66.9 cm³/mol. The molecule has 1 aromatic carbocycles. The van der Waals surface area contributed by atoms with Gasteiger partial charge in [-0.1, -0.05) is 30.3 Å². The van der Waals surface area contributed by atoms with Gasteiger partial charge >= 0.3 is 0 Å². The lowest BCUT2D eigenvalue weighted by molar-refractivity contribution is -0.605. The molecule has 5 nitrogen and oxygen atoms in total. The molecule has 5 heteroatoms. The van der Waals surface area contributed by atoms with E-state index in [1.165, 1.54) is 24.7 Å². The van der Waals surface area contributed by atoms with Crippen LogP contribution in [-0.2, 0) is 0 Å². The molecule has 1 amide bonds. The van der Waals surface area contributed by atoms with Crippen LogP contribution < -0.4 is 10.2 Å². The fourth-order valence-electron chi connectivity index (χ4n) is 1.36. The van der Waals surface area contributed by atoms with E-state index in [0.717, 1.165) is 5.56 Å². The van der Waals surface area contributed by atoms with Gasteiger partial charge in [0.05, 0.1) is 6.21 Å². The zero-order valence-corrected chi connectivity index (χ0v) is 9.48. The normalized spacial score (nSPS) is 10.4. The van der Waals surface area contributed by atoms with Crippen molar-refractivity contribution in [3.63, 3.8) is 0 Å². The van der Waals surface area contributed by atoms with Gasteiger partial charge < -0.3 is 5.21 Å². The summed E-state index contributed by atoms with van der Waals surface area (Å²) in [7, 11) is 0. The summed E-state index contributed by atoms with van der Waals surface area (Å²) in [6.07, 6.45) is 4.03. The summed E-state index contributed by atoms with van der Waals surface area (Å²) < 4.78 is 0.565. The summed E-state index contributed by atoms with van der Waals surface area (Å²) in [4.78, 5) is 11.6. The Bertz CT molecular complexity index is 567. The van der Waals surface area contributed by atoms with E-state index >= 15 is 0 Å². The van der Waals surface area contributed by atoms with Gasteiger partial charge in [-0.3, -0.25) is 4.79 Å². The summed E-state index contributed by atoms with van der Waals surface area (Å²) >= 11 is 0. The van der Waals surface area contributed by atoms with Crippen molar-refractivity contribution in [2.75, 3.05) is 0 Å². The van der Waals surface area contributed by atoms with Crippen LogP contribution >= 0.6 is 0 Å². The van der Waals surface area contributed by atoms with Gasteiger partial charge in [-0.05, 0) is 11.6 Å². The predicted octanol–water partition coefficient (Wildman–Crippen LogP) is 1.08. The minimum absolute atomic E-state index is 0.262. The summed E-state index contributed by atoms with van der Waals surface area (Å²) in [6, 6.07) is 12.4. The first-order chi connectivity index (χ1) is 8.75. The van der Waals surface area contributed by atoms with Crippen LogP contribution in [0.4, 0.5) is 0 Å². The van der Waals surface area contributed by atoms with Crippen LogP contribution in [0, 0.1) is 5.21 Å². The number of rotatable bonds is 3. The Morgan fingerprint density at radius 3 is 2.72 bits per heavy atom. The maximum atomic E-state index is 11.6. The van der Waals surface area contributed by atoms with E-state index in [1.807, 2.05) is 30.3 Å². The van der Waals surface area contributed by atoms with Crippen molar-refractivity contribution in [1.29, 1.82) is 0 Å². The van der Waals surface area contributed by atoms with Gasteiger partial charge in [0.1, 0.15) is 5.56 Å². The smallest absolute Gasteiger partial charge is 0.277 e. The summed E-state index contributed by atoms with van der Waals surface area (Å²) in [5.41, 5.74) is 3.49. The van der Waals surface area contributed by atoms with E-state index in [4.69, 9.17) is 0 Å². The third-order valence-corrected chi connectivity index (χ3v) is 2.22. The zero-order chi connectivity index (χ0) is 12.8. The second-order valence-corrected chi connectivity index (χ2v) is 3.56. The van der Waals surface area contributed by atoms with Gasteiger partial charge in [0, 0.05) is 6.07 Å². The highest BCUT2D eigenvalue weighted by Gasteiger charge is 2.06. The molecule has 0 atom stereocenters. The Balaban J connectivity index is 1.99. The fourth-order valence-corrected chi connectivity index (χ4v) is 1.36. The molecule has 0 aliphatic heterocycles. The highest BCUT2D eigenvalue weighted by atomic mass is 16.5. The highest BCUT2D eigenvalue weighted by Crippen LogP contribution is 1.95. The molecule has 1 N–H and O–H groups in total. The van der Waals surface area contributed by atoms with Crippen molar-refractivity contribution in [3.8, 4) is 0 Å². The van der Waals surface area contributed by atoms with Crippen molar-refractivity contribution in [2.45, 2.75) is 0 Å². The Labute approximate surface area is 104 Å². The Kier molecular flexibility index (Phi) is 3.66. The first kappa shape index (κ1) is 11.8. The van der Waals surface area contributed by atoms with Gasteiger partial charge in [0.2, 0.25) is 0 Å². The molecular formula is C13H11N3O2. The molecule has 1 heterocycles. The number of amides is 1. The van der Waals surface area contributed by atoms with E-state index in [0.29, 0.717) is 4.73 Å². The van der Waals surface area contributed by atoms with Crippen LogP contribution in [0.5, 0.6) is 0 Å². The van der Waals surface area contributed by atoms with Crippen molar-refractivity contribution in [2.24, 2.45) is 5.10 Å². The van der Waals surface area contributed by atoms with Crippen molar-refractivity contribution >= 4 is 12.1 Å². The Morgan fingerprint density at radius 2 is 2.00 bits per heavy atom. The van der Waals surface area contributed by atoms with Crippen molar-refractivity contribution < 1.29 is 9.52 Å². The second kappa shape index (κ2) is 5.58. The third-order valence-electron chi connectivity index (χ3n) is 2.22. The molecule has 0 spiro atoms. The van der Waals surface area contributed by atoms with Crippen LogP contribution in [0.1, 0.15) is 15.9 Å².